The predicted octanol–water partition coefficient (Wildman–Crippen LogP) is 1.69. The zero-order valence-corrected chi connectivity index (χ0v) is 7.50. The summed E-state index contributed by atoms with van der Waals surface area (Å²) in [5.41, 5.74) is 1.54. The number of aldehydes is 1. The molecule has 66 valence electrons. The molecular formula is C10H9NO2. The number of methoxy groups -OCH3 is 1. The summed E-state index contributed by atoms with van der Waals surface area (Å²) >= 11 is 0. The van der Waals surface area contributed by atoms with Crippen LogP contribution in [0.5, 0.6) is 5.75 Å². The summed E-state index contributed by atoms with van der Waals surface area (Å²) < 4.78 is 4.97. The molecule has 0 spiro atoms. The van der Waals surface area contributed by atoms with E-state index in [-0.39, 0.29) is 0 Å². The molecule has 1 rings (SSSR count). The zero-order chi connectivity index (χ0) is 9.84. The molecule has 3 nitrogen and oxygen atoms in total. The van der Waals surface area contributed by atoms with Gasteiger partial charge in [-0.15, -0.1) is 0 Å². The molecule has 0 aromatic heterocycles. The summed E-state index contributed by atoms with van der Waals surface area (Å²) in [5, 5.41) is 8.74. The van der Waals surface area contributed by atoms with Crippen molar-refractivity contribution >= 4 is 6.29 Å². The van der Waals surface area contributed by atoms with Crippen LogP contribution in [-0.4, -0.2) is 13.4 Å². The van der Waals surface area contributed by atoms with Gasteiger partial charge in [-0.25, -0.2) is 0 Å². The fourth-order valence-electron chi connectivity index (χ4n) is 1.14. The minimum atomic E-state index is 0.374. The number of ether oxygens (including phenoxy) is 1. The highest BCUT2D eigenvalue weighted by Crippen LogP contribution is 2.19. The Morgan fingerprint density at radius 2 is 2.23 bits per heavy atom. The van der Waals surface area contributed by atoms with E-state index in [1.54, 1.807) is 19.1 Å². The van der Waals surface area contributed by atoms with Gasteiger partial charge in [0.1, 0.15) is 11.8 Å². The van der Waals surface area contributed by atoms with E-state index in [1.807, 2.05) is 6.07 Å². The molecule has 0 unspecified atom stereocenters. The highest BCUT2D eigenvalue weighted by Gasteiger charge is 2.06. The molecule has 0 aliphatic rings. The minimum Gasteiger partial charge on any atom is -0.497 e. The summed E-state index contributed by atoms with van der Waals surface area (Å²) in [6.45, 7) is 1.77. The Morgan fingerprint density at radius 3 is 2.69 bits per heavy atom. The Hall–Kier alpha value is -1.82. The van der Waals surface area contributed by atoms with E-state index in [0.717, 1.165) is 5.56 Å². The quantitative estimate of drug-likeness (QED) is 0.642. The van der Waals surface area contributed by atoms with Crippen molar-refractivity contribution in [1.82, 2.24) is 0 Å². The van der Waals surface area contributed by atoms with Crippen molar-refractivity contribution in [1.29, 1.82) is 5.26 Å². The number of aryl methyl sites for hydroxylation is 1. The van der Waals surface area contributed by atoms with Crippen LogP contribution < -0.4 is 4.74 Å². The molecule has 0 saturated heterocycles. The van der Waals surface area contributed by atoms with Crippen LogP contribution in [0.15, 0.2) is 12.1 Å². The Bertz CT molecular complexity index is 377. The summed E-state index contributed by atoms with van der Waals surface area (Å²) in [6.07, 6.45) is 0.661. The van der Waals surface area contributed by atoms with Crippen LogP contribution in [0.3, 0.4) is 0 Å². The molecule has 1 aromatic carbocycles. The number of nitrogens with zero attached hydrogens (tertiary/aromatic N) is 1. The van der Waals surface area contributed by atoms with E-state index in [1.165, 1.54) is 7.11 Å². The van der Waals surface area contributed by atoms with Gasteiger partial charge in [0, 0.05) is 5.56 Å². The summed E-state index contributed by atoms with van der Waals surface area (Å²) in [4.78, 5) is 10.6. The monoisotopic (exact) mass is 175 g/mol. The van der Waals surface area contributed by atoms with E-state index in [9.17, 15) is 4.79 Å². The highest BCUT2D eigenvalue weighted by molar-refractivity contribution is 5.80. The third-order valence-corrected chi connectivity index (χ3v) is 1.81. The van der Waals surface area contributed by atoms with E-state index < -0.39 is 0 Å². The zero-order valence-electron chi connectivity index (χ0n) is 7.50. The first kappa shape index (κ1) is 9.27. The normalized spacial score (nSPS) is 9.00. The molecule has 3 heteroatoms. The maximum Gasteiger partial charge on any atom is 0.151 e. The van der Waals surface area contributed by atoms with Crippen LogP contribution in [-0.2, 0) is 0 Å². The maximum atomic E-state index is 10.6. The van der Waals surface area contributed by atoms with Crippen molar-refractivity contribution in [3.05, 3.63) is 28.8 Å². The second-order valence-corrected chi connectivity index (χ2v) is 2.64. The average Bonchev–Trinajstić information content (AvgIpc) is 2.16. The van der Waals surface area contributed by atoms with Gasteiger partial charge in [0.2, 0.25) is 0 Å². The Kier molecular flexibility index (Phi) is 2.65. The van der Waals surface area contributed by atoms with E-state index in [0.29, 0.717) is 23.2 Å². The number of hydrogen-bond donors (Lipinski definition) is 0. The van der Waals surface area contributed by atoms with Gasteiger partial charge in [0.05, 0.1) is 12.7 Å². The maximum absolute atomic E-state index is 10.6. The molecule has 0 atom stereocenters. The predicted molar refractivity (Wildman–Crippen MR) is 47.8 cm³/mol. The topological polar surface area (TPSA) is 50.1 Å². The molecule has 0 heterocycles. The highest BCUT2D eigenvalue weighted by atomic mass is 16.5. The van der Waals surface area contributed by atoms with Gasteiger partial charge >= 0.3 is 0 Å². The minimum absolute atomic E-state index is 0.374. The van der Waals surface area contributed by atoms with Crippen LogP contribution in [0.25, 0.3) is 0 Å². The SMILES string of the molecule is COc1cc(C)c(C#N)c(C=O)c1. The van der Waals surface area contributed by atoms with Crippen LogP contribution in [0.2, 0.25) is 0 Å². The van der Waals surface area contributed by atoms with Gasteiger partial charge in [0.15, 0.2) is 6.29 Å². The molecule has 0 fully saturated rings. The molecular weight excluding hydrogens is 166 g/mol. The first-order chi connectivity index (χ1) is 6.22. The lowest BCUT2D eigenvalue weighted by molar-refractivity contribution is 0.112. The summed E-state index contributed by atoms with van der Waals surface area (Å²) in [6, 6.07) is 5.26. The van der Waals surface area contributed by atoms with Crippen molar-refractivity contribution in [3.8, 4) is 11.8 Å². The largest absolute Gasteiger partial charge is 0.497 e. The first-order valence-electron chi connectivity index (χ1n) is 3.77. The fourth-order valence-corrected chi connectivity index (χ4v) is 1.14. The number of rotatable bonds is 2. The fraction of sp³-hybridized carbons (Fsp3) is 0.200. The van der Waals surface area contributed by atoms with Gasteiger partial charge in [-0.2, -0.15) is 5.26 Å². The van der Waals surface area contributed by atoms with Crippen LogP contribution in [0.4, 0.5) is 0 Å². The molecule has 0 aliphatic heterocycles. The molecule has 0 saturated carbocycles. The number of carbonyl (C=O) groups is 1. The molecule has 0 N–H and O–H groups in total. The lowest BCUT2D eigenvalue weighted by Gasteiger charge is -2.04. The number of carbonyl (C=O) groups excluding carboxylic acids is 1. The Morgan fingerprint density at radius 1 is 1.54 bits per heavy atom. The Balaban J connectivity index is 3.39. The number of hydrogen-bond acceptors (Lipinski definition) is 3. The first-order valence-corrected chi connectivity index (χ1v) is 3.77. The van der Waals surface area contributed by atoms with E-state index in [4.69, 9.17) is 10.00 Å². The van der Waals surface area contributed by atoms with Crippen molar-refractivity contribution in [2.45, 2.75) is 6.92 Å². The third kappa shape index (κ3) is 1.67. The van der Waals surface area contributed by atoms with Crippen molar-refractivity contribution in [2.75, 3.05) is 7.11 Å². The lowest BCUT2D eigenvalue weighted by atomic mass is 10.0. The van der Waals surface area contributed by atoms with Crippen molar-refractivity contribution in [3.63, 3.8) is 0 Å². The second-order valence-electron chi connectivity index (χ2n) is 2.64. The molecule has 0 amide bonds. The van der Waals surface area contributed by atoms with Gasteiger partial charge in [0.25, 0.3) is 0 Å². The molecule has 1 aromatic rings. The smallest absolute Gasteiger partial charge is 0.151 e. The standard InChI is InChI=1S/C10H9NO2/c1-7-3-9(13-2)4-8(6-12)10(7)5-11/h3-4,6H,1-2H3. The van der Waals surface area contributed by atoms with Crippen LogP contribution in [0, 0.1) is 18.3 Å². The second kappa shape index (κ2) is 3.72. The molecule has 0 bridgehead atoms. The molecule has 13 heavy (non-hydrogen) atoms. The van der Waals surface area contributed by atoms with Crippen LogP contribution >= 0.6 is 0 Å². The van der Waals surface area contributed by atoms with Crippen molar-refractivity contribution < 1.29 is 9.53 Å². The Labute approximate surface area is 76.6 Å². The number of nitriles is 1. The van der Waals surface area contributed by atoms with E-state index in [2.05, 4.69) is 0 Å². The average molecular weight is 175 g/mol. The van der Waals surface area contributed by atoms with Gasteiger partial charge < -0.3 is 4.74 Å². The number of benzene rings is 1. The summed E-state index contributed by atoms with van der Waals surface area (Å²) in [7, 11) is 1.52. The van der Waals surface area contributed by atoms with Gasteiger partial charge in [-0.3, -0.25) is 4.79 Å². The lowest BCUT2D eigenvalue weighted by Crippen LogP contribution is -1.94. The van der Waals surface area contributed by atoms with Gasteiger partial charge in [-0.1, -0.05) is 0 Å². The van der Waals surface area contributed by atoms with E-state index >= 15 is 0 Å². The van der Waals surface area contributed by atoms with Crippen molar-refractivity contribution in [2.24, 2.45) is 0 Å². The molecule has 0 aliphatic carbocycles. The summed E-state index contributed by atoms with van der Waals surface area (Å²) in [5.74, 6) is 0.596. The molecule has 0 radical (unpaired) electrons. The van der Waals surface area contributed by atoms with Crippen LogP contribution in [0.1, 0.15) is 21.5 Å². The van der Waals surface area contributed by atoms with Gasteiger partial charge in [-0.05, 0) is 24.6 Å². The third-order valence-electron chi connectivity index (χ3n) is 1.81.